The van der Waals surface area contributed by atoms with Crippen LogP contribution in [0.15, 0.2) is 30.3 Å². The lowest BCUT2D eigenvalue weighted by Gasteiger charge is -1.94. The third-order valence-corrected chi connectivity index (χ3v) is 1.51. The minimum Gasteiger partial charge on any atom is -0.366 e. The van der Waals surface area contributed by atoms with Gasteiger partial charge >= 0.3 is 0 Å². The van der Waals surface area contributed by atoms with E-state index in [0.29, 0.717) is 11.1 Å². The van der Waals surface area contributed by atoms with Crippen molar-refractivity contribution in [2.24, 2.45) is 5.73 Å². The predicted molar refractivity (Wildman–Crippen MR) is 49.4 cm³/mol. The lowest BCUT2D eigenvalue weighted by atomic mass is 10.1. The van der Waals surface area contributed by atoms with Gasteiger partial charge in [0, 0.05) is 6.08 Å². The first-order chi connectivity index (χ1) is 6.24. The van der Waals surface area contributed by atoms with Gasteiger partial charge in [-0.2, -0.15) is 5.26 Å². The highest BCUT2D eigenvalue weighted by Crippen LogP contribution is 2.08. The van der Waals surface area contributed by atoms with Gasteiger partial charge in [0.05, 0.1) is 11.6 Å². The van der Waals surface area contributed by atoms with Gasteiger partial charge in [0.1, 0.15) is 0 Å². The molecule has 0 aliphatic heterocycles. The number of benzene rings is 1. The van der Waals surface area contributed by atoms with Crippen LogP contribution in [0.3, 0.4) is 0 Å². The molecule has 1 aromatic carbocycles. The Kier molecular flexibility index (Phi) is 2.82. The number of nitrogens with zero attached hydrogens (tertiary/aromatic N) is 1. The molecular weight excluding hydrogens is 164 g/mol. The summed E-state index contributed by atoms with van der Waals surface area (Å²) in [6.45, 7) is 0. The second-order valence-electron chi connectivity index (χ2n) is 2.43. The number of hydrogen-bond donors (Lipinski definition) is 1. The Morgan fingerprint density at radius 2 is 2.15 bits per heavy atom. The Bertz CT molecular complexity index is 388. The van der Waals surface area contributed by atoms with Crippen LogP contribution in [0.5, 0.6) is 0 Å². The molecule has 1 amide bonds. The van der Waals surface area contributed by atoms with Crippen LogP contribution in [-0.4, -0.2) is 5.91 Å². The Morgan fingerprint density at radius 1 is 1.46 bits per heavy atom. The minimum absolute atomic E-state index is 0.521. The lowest BCUT2D eigenvalue weighted by Crippen LogP contribution is -2.05. The summed E-state index contributed by atoms with van der Waals surface area (Å²) in [6.07, 6.45) is 2.76. The molecule has 0 radical (unpaired) electrons. The molecule has 13 heavy (non-hydrogen) atoms. The molecular formula is C10H8N2O. The van der Waals surface area contributed by atoms with E-state index in [2.05, 4.69) is 0 Å². The van der Waals surface area contributed by atoms with Gasteiger partial charge in [-0.25, -0.2) is 0 Å². The van der Waals surface area contributed by atoms with Gasteiger partial charge in [-0.05, 0) is 17.7 Å². The molecule has 0 aliphatic rings. The van der Waals surface area contributed by atoms with Crippen molar-refractivity contribution in [3.8, 4) is 6.07 Å². The summed E-state index contributed by atoms with van der Waals surface area (Å²) in [5.74, 6) is -0.521. The van der Waals surface area contributed by atoms with E-state index >= 15 is 0 Å². The maximum Gasteiger partial charge on any atom is 0.241 e. The molecule has 1 rings (SSSR count). The number of amides is 1. The van der Waals surface area contributed by atoms with E-state index in [9.17, 15) is 4.79 Å². The van der Waals surface area contributed by atoms with Crippen LogP contribution in [0, 0.1) is 11.3 Å². The molecule has 3 heteroatoms. The number of primary amides is 1. The SMILES string of the molecule is N#Cc1ccccc1/C=C\C(N)=O. The van der Waals surface area contributed by atoms with Crippen LogP contribution >= 0.6 is 0 Å². The van der Waals surface area contributed by atoms with Gasteiger partial charge < -0.3 is 5.73 Å². The molecule has 1 aromatic rings. The molecule has 0 saturated heterocycles. The molecule has 0 saturated carbocycles. The molecule has 0 fully saturated rings. The van der Waals surface area contributed by atoms with Crippen LogP contribution < -0.4 is 5.73 Å². The zero-order chi connectivity index (χ0) is 9.68. The van der Waals surface area contributed by atoms with E-state index in [-0.39, 0.29) is 0 Å². The standard InChI is InChI=1S/C10H8N2O/c11-7-9-4-2-1-3-8(9)5-6-10(12)13/h1-6H,(H2,12,13)/b6-5-. The number of nitrogens with two attached hydrogens (primary N) is 1. The molecule has 0 aromatic heterocycles. The van der Waals surface area contributed by atoms with Gasteiger partial charge in [0.2, 0.25) is 5.91 Å². The van der Waals surface area contributed by atoms with Crippen molar-refractivity contribution in [2.45, 2.75) is 0 Å². The fraction of sp³-hybridized carbons (Fsp3) is 0. The van der Waals surface area contributed by atoms with E-state index in [1.54, 1.807) is 24.3 Å². The summed E-state index contributed by atoms with van der Waals surface area (Å²) < 4.78 is 0. The highest BCUT2D eigenvalue weighted by Gasteiger charge is 1.95. The normalized spacial score (nSPS) is 9.77. The van der Waals surface area contributed by atoms with E-state index < -0.39 is 5.91 Å². The number of rotatable bonds is 2. The predicted octanol–water partition coefficient (Wildman–Crippen LogP) is 1.06. The monoisotopic (exact) mass is 172 g/mol. The van der Waals surface area contributed by atoms with E-state index in [4.69, 9.17) is 11.0 Å². The summed E-state index contributed by atoms with van der Waals surface area (Å²) in [5.41, 5.74) is 6.15. The lowest BCUT2D eigenvalue weighted by molar-refractivity contribution is -0.113. The van der Waals surface area contributed by atoms with Crippen LogP contribution in [-0.2, 0) is 4.79 Å². The van der Waals surface area contributed by atoms with Gasteiger partial charge in [0.25, 0.3) is 0 Å². The van der Waals surface area contributed by atoms with Crippen LogP contribution in [0.1, 0.15) is 11.1 Å². The molecule has 0 spiro atoms. The topological polar surface area (TPSA) is 66.9 Å². The van der Waals surface area contributed by atoms with Crippen molar-refractivity contribution >= 4 is 12.0 Å². The fourth-order valence-corrected chi connectivity index (χ4v) is 0.916. The molecule has 2 N–H and O–H groups in total. The highest BCUT2D eigenvalue weighted by molar-refractivity contribution is 5.90. The first-order valence-corrected chi connectivity index (χ1v) is 3.70. The maximum atomic E-state index is 10.4. The van der Waals surface area contributed by atoms with Crippen molar-refractivity contribution in [3.05, 3.63) is 41.5 Å². The van der Waals surface area contributed by atoms with Crippen LogP contribution in [0.25, 0.3) is 6.08 Å². The second kappa shape index (κ2) is 4.07. The van der Waals surface area contributed by atoms with Gasteiger partial charge in [0.15, 0.2) is 0 Å². The molecule has 3 nitrogen and oxygen atoms in total. The minimum atomic E-state index is -0.521. The third-order valence-electron chi connectivity index (χ3n) is 1.51. The third kappa shape index (κ3) is 2.46. The molecule has 0 unspecified atom stereocenters. The zero-order valence-electron chi connectivity index (χ0n) is 6.90. The summed E-state index contributed by atoms with van der Waals surface area (Å²) >= 11 is 0. The highest BCUT2D eigenvalue weighted by atomic mass is 16.1. The van der Waals surface area contributed by atoms with Gasteiger partial charge in [-0.3, -0.25) is 4.79 Å². The quantitative estimate of drug-likeness (QED) is 0.677. The Morgan fingerprint density at radius 3 is 2.77 bits per heavy atom. The summed E-state index contributed by atoms with van der Waals surface area (Å²) in [7, 11) is 0. The summed E-state index contributed by atoms with van der Waals surface area (Å²) in [4.78, 5) is 10.4. The average molecular weight is 172 g/mol. The molecule has 0 atom stereocenters. The zero-order valence-corrected chi connectivity index (χ0v) is 6.90. The summed E-state index contributed by atoms with van der Waals surface area (Å²) in [6, 6.07) is 9.00. The first kappa shape index (κ1) is 9.01. The van der Waals surface area contributed by atoms with Crippen molar-refractivity contribution < 1.29 is 4.79 Å². The Hall–Kier alpha value is -2.08. The number of hydrogen-bond acceptors (Lipinski definition) is 2. The van der Waals surface area contributed by atoms with Crippen molar-refractivity contribution in [3.63, 3.8) is 0 Å². The molecule has 0 bridgehead atoms. The fourth-order valence-electron chi connectivity index (χ4n) is 0.916. The van der Waals surface area contributed by atoms with Gasteiger partial charge in [-0.15, -0.1) is 0 Å². The molecule has 0 heterocycles. The Balaban J connectivity index is 3.02. The van der Waals surface area contributed by atoms with E-state index in [0.717, 1.165) is 0 Å². The average Bonchev–Trinajstić information content (AvgIpc) is 2.15. The molecule has 64 valence electrons. The number of carbonyl (C=O) groups is 1. The smallest absolute Gasteiger partial charge is 0.241 e. The van der Waals surface area contributed by atoms with Crippen LogP contribution in [0.2, 0.25) is 0 Å². The second-order valence-corrected chi connectivity index (χ2v) is 2.43. The van der Waals surface area contributed by atoms with E-state index in [1.165, 1.54) is 12.2 Å². The molecule has 0 aliphatic carbocycles. The maximum absolute atomic E-state index is 10.4. The van der Waals surface area contributed by atoms with Crippen molar-refractivity contribution in [2.75, 3.05) is 0 Å². The number of carbonyl (C=O) groups excluding carboxylic acids is 1. The van der Waals surface area contributed by atoms with Crippen LogP contribution in [0.4, 0.5) is 0 Å². The largest absolute Gasteiger partial charge is 0.366 e. The Labute approximate surface area is 76.1 Å². The van der Waals surface area contributed by atoms with Crippen molar-refractivity contribution in [1.82, 2.24) is 0 Å². The van der Waals surface area contributed by atoms with Crippen molar-refractivity contribution in [1.29, 1.82) is 5.26 Å². The summed E-state index contributed by atoms with van der Waals surface area (Å²) in [5, 5.41) is 8.68. The van der Waals surface area contributed by atoms with E-state index in [1.807, 2.05) is 6.07 Å². The number of nitriles is 1. The first-order valence-electron chi connectivity index (χ1n) is 3.70. The van der Waals surface area contributed by atoms with Gasteiger partial charge in [-0.1, -0.05) is 18.2 Å².